The Morgan fingerprint density at radius 1 is 0.741 bits per heavy atom. The molecule has 1 aromatic rings. The lowest BCUT2D eigenvalue weighted by Gasteiger charge is -2.24. The molecule has 0 fully saturated rings. The van der Waals surface area contributed by atoms with Crippen molar-refractivity contribution in [3.05, 3.63) is 71.3 Å². The summed E-state index contributed by atoms with van der Waals surface area (Å²) in [5, 5.41) is 10.0. The van der Waals surface area contributed by atoms with Gasteiger partial charge in [0.25, 0.3) is 0 Å². The number of furan rings is 1. The maximum atomic E-state index is 12.7. The number of carbonyl (C=O) groups is 2. The molecule has 3 atom stereocenters. The summed E-state index contributed by atoms with van der Waals surface area (Å²) in [6.45, 7) is 8.37. The van der Waals surface area contributed by atoms with Crippen LogP contribution in [-0.2, 0) is 45.5 Å². The van der Waals surface area contributed by atoms with Crippen LogP contribution in [-0.4, -0.2) is 86.1 Å². The van der Waals surface area contributed by atoms with Gasteiger partial charge in [-0.05, 0) is 82.8 Å². The number of phosphoric ester groups is 1. The smallest absolute Gasteiger partial charge is 0.466 e. The van der Waals surface area contributed by atoms with Crippen molar-refractivity contribution in [2.75, 3.05) is 47.5 Å². The lowest BCUT2D eigenvalue weighted by Crippen LogP contribution is -2.37. The number of phosphoric acid groups is 1. The number of allylic oxidation sites excluding steroid dienone is 6. The molecule has 0 amide bonds. The Kier molecular flexibility index (Phi) is 29.4. The zero-order valence-corrected chi connectivity index (χ0v) is 38.0. The molecule has 0 saturated heterocycles. The molecule has 332 valence electrons. The fraction of sp³-hybridized carbons (Fsp3) is 0.696. The molecular weight excluding hydrogens is 757 g/mol. The number of unbranched alkanes of at least 4 members (excludes halogenated alkanes) is 9. The number of nitrogens with zero attached hydrogens (tertiary/aromatic N) is 1. The highest BCUT2D eigenvalue weighted by atomic mass is 31.2. The summed E-state index contributed by atoms with van der Waals surface area (Å²) in [7, 11) is 1.38. The normalized spacial score (nSPS) is 14.6. The van der Waals surface area contributed by atoms with Crippen LogP contribution in [0.25, 0.3) is 0 Å². The minimum Gasteiger partial charge on any atom is -0.466 e. The van der Waals surface area contributed by atoms with Crippen LogP contribution < -0.4 is 0 Å². The zero-order valence-electron chi connectivity index (χ0n) is 37.1. The Labute approximate surface area is 351 Å². The summed E-state index contributed by atoms with van der Waals surface area (Å²) in [6, 6.07) is 0. The number of rotatable bonds is 35. The van der Waals surface area contributed by atoms with Crippen LogP contribution >= 0.6 is 7.82 Å². The van der Waals surface area contributed by atoms with Gasteiger partial charge in [0.1, 0.15) is 31.3 Å². The molecule has 11 nitrogen and oxygen atoms in total. The number of carbonyl (C=O) groups excluding carboxylic acids is 2. The fourth-order valence-corrected chi connectivity index (χ4v) is 6.64. The van der Waals surface area contributed by atoms with E-state index in [1.807, 2.05) is 57.6 Å². The van der Waals surface area contributed by atoms with Gasteiger partial charge in [-0.25, -0.2) is 4.57 Å². The number of aliphatic hydroxyl groups is 1. The Morgan fingerprint density at radius 2 is 1.40 bits per heavy atom. The summed E-state index contributed by atoms with van der Waals surface area (Å²) in [6.07, 6.45) is 30.6. The first-order valence-corrected chi connectivity index (χ1v) is 23.3. The second-order valence-corrected chi connectivity index (χ2v) is 17.6. The summed E-state index contributed by atoms with van der Waals surface area (Å²) in [5.74, 6) is 1.28. The number of likely N-dealkylation sites (N-methyl/N-ethyl adjacent to an activating group) is 1. The molecule has 0 radical (unpaired) electrons. The van der Waals surface area contributed by atoms with Crippen molar-refractivity contribution < 1.29 is 51.6 Å². The molecule has 58 heavy (non-hydrogen) atoms. The average molecular weight is 837 g/mol. The van der Waals surface area contributed by atoms with Crippen molar-refractivity contribution in [2.24, 2.45) is 0 Å². The summed E-state index contributed by atoms with van der Waals surface area (Å²) < 4.78 is 40.3. The van der Waals surface area contributed by atoms with E-state index in [9.17, 15) is 24.2 Å². The maximum Gasteiger partial charge on any atom is 0.472 e. The van der Waals surface area contributed by atoms with Crippen LogP contribution in [0.5, 0.6) is 0 Å². The quantitative estimate of drug-likeness (QED) is 0.0169. The van der Waals surface area contributed by atoms with E-state index < -0.39 is 38.6 Å². The molecule has 0 saturated carbocycles. The Morgan fingerprint density at radius 3 is 2.10 bits per heavy atom. The second kappa shape index (κ2) is 32.0. The number of esters is 2. The largest absolute Gasteiger partial charge is 0.472 e. The van der Waals surface area contributed by atoms with E-state index in [2.05, 4.69) is 33.8 Å². The molecule has 0 aliphatic heterocycles. The van der Waals surface area contributed by atoms with Gasteiger partial charge >= 0.3 is 19.8 Å². The summed E-state index contributed by atoms with van der Waals surface area (Å²) in [5.41, 5.74) is 2.56. The minimum absolute atomic E-state index is 0.00203. The number of quaternary nitrogens is 1. The zero-order chi connectivity index (χ0) is 43.1. The number of ether oxygens (including phenoxy) is 2. The van der Waals surface area contributed by atoms with Gasteiger partial charge in [0.2, 0.25) is 0 Å². The monoisotopic (exact) mass is 837 g/mol. The predicted molar refractivity (Wildman–Crippen MR) is 233 cm³/mol. The van der Waals surface area contributed by atoms with E-state index in [-0.39, 0.29) is 26.1 Å². The summed E-state index contributed by atoms with van der Waals surface area (Å²) >= 11 is 0. The molecule has 0 aromatic carbocycles. The first-order valence-electron chi connectivity index (χ1n) is 21.8. The van der Waals surface area contributed by atoms with Gasteiger partial charge in [0.05, 0.1) is 33.9 Å². The van der Waals surface area contributed by atoms with Crippen LogP contribution in [0.15, 0.2) is 53.0 Å². The lowest BCUT2D eigenvalue weighted by molar-refractivity contribution is -0.870. The van der Waals surface area contributed by atoms with Gasteiger partial charge in [-0.1, -0.05) is 101 Å². The van der Waals surface area contributed by atoms with E-state index in [1.54, 1.807) is 6.08 Å². The van der Waals surface area contributed by atoms with Crippen LogP contribution in [0.3, 0.4) is 0 Å². The van der Waals surface area contributed by atoms with Crippen LogP contribution in [0, 0.1) is 13.8 Å². The number of aliphatic hydroxyl groups excluding tert-OH is 1. The highest BCUT2D eigenvalue weighted by Gasteiger charge is 2.27. The van der Waals surface area contributed by atoms with Gasteiger partial charge in [-0.3, -0.25) is 18.6 Å². The van der Waals surface area contributed by atoms with Gasteiger partial charge in [-0.2, -0.15) is 0 Å². The predicted octanol–water partition coefficient (Wildman–Crippen LogP) is 10.5. The average Bonchev–Trinajstić information content (AvgIpc) is 3.43. The third kappa shape index (κ3) is 28.6. The van der Waals surface area contributed by atoms with E-state index in [0.717, 1.165) is 75.7 Å². The van der Waals surface area contributed by atoms with E-state index in [1.165, 1.54) is 30.4 Å². The van der Waals surface area contributed by atoms with Gasteiger partial charge in [0, 0.05) is 25.7 Å². The third-order valence-electron chi connectivity index (χ3n) is 9.62. The first kappa shape index (κ1) is 53.2. The van der Waals surface area contributed by atoms with Crippen molar-refractivity contribution >= 4 is 19.8 Å². The third-order valence-corrected chi connectivity index (χ3v) is 10.6. The van der Waals surface area contributed by atoms with Gasteiger partial charge in [0.15, 0.2) is 6.10 Å². The molecule has 0 aliphatic rings. The van der Waals surface area contributed by atoms with Crippen molar-refractivity contribution in [1.82, 2.24) is 0 Å². The van der Waals surface area contributed by atoms with E-state index in [4.69, 9.17) is 22.9 Å². The highest BCUT2D eigenvalue weighted by Crippen LogP contribution is 2.43. The molecule has 1 aromatic heterocycles. The Hall–Kier alpha value is -2.79. The molecule has 1 heterocycles. The van der Waals surface area contributed by atoms with Crippen molar-refractivity contribution in [3.63, 3.8) is 0 Å². The van der Waals surface area contributed by atoms with E-state index in [0.29, 0.717) is 36.7 Å². The number of aryl methyl sites for hydroxylation is 2. The van der Waals surface area contributed by atoms with Crippen LogP contribution in [0.1, 0.15) is 146 Å². The van der Waals surface area contributed by atoms with Crippen LogP contribution in [0.4, 0.5) is 0 Å². The SMILES string of the molecule is CCCCC/C=C\C[C@@H](O)/C=C/C=C\C/C=C\CCCC(=O)OC[C@H](COP(=O)(O)OCC[N+](C)(C)C)OC(=O)CCCCCCCCc1oc(CCC)c(C)c1C. The van der Waals surface area contributed by atoms with Gasteiger partial charge < -0.3 is 28.4 Å². The molecule has 2 N–H and O–H groups in total. The molecule has 0 aliphatic carbocycles. The van der Waals surface area contributed by atoms with Gasteiger partial charge in [-0.15, -0.1) is 0 Å². The van der Waals surface area contributed by atoms with Crippen LogP contribution in [0.2, 0.25) is 0 Å². The number of hydrogen-bond acceptors (Lipinski definition) is 9. The highest BCUT2D eigenvalue weighted by molar-refractivity contribution is 7.47. The number of hydrogen-bond donors (Lipinski definition) is 2. The Balaban J connectivity index is 2.44. The molecule has 1 rings (SSSR count). The van der Waals surface area contributed by atoms with Crippen molar-refractivity contribution in [3.8, 4) is 0 Å². The maximum absolute atomic E-state index is 12.7. The standard InChI is InChI=1S/C46H78NO10P/c1-8-10-11-12-19-24-30-41(48)31-25-20-15-13-14-16-22-27-33-45(49)53-37-42(38-55-58(51,52)54-36-35-47(5,6)7)56-46(50)34-28-23-18-17-21-26-32-44-40(4)39(3)43(57-44)29-9-2/h14-16,19-20,24-25,31,41-42,48H,8-13,17-18,21-23,26-30,32-38H2,1-7H3/p+1/b16-14-,20-15-,24-19-,31-25+/t41-,42-/m1/s1. The fourth-order valence-electron chi connectivity index (χ4n) is 5.90. The first-order chi connectivity index (χ1) is 27.7. The summed E-state index contributed by atoms with van der Waals surface area (Å²) in [4.78, 5) is 35.4. The molecule has 0 bridgehead atoms. The topological polar surface area (TPSA) is 142 Å². The van der Waals surface area contributed by atoms with Crippen molar-refractivity contribution in [1.29, 1.82) is 0 Å². The lowest BCUT2D eigenvalue weighted by atomic mass is 10.0. The van der Waals surface area contributed by atoms with Crippen molar-refractivity contribution in [2.45, 2.75) is 162 Å². The second-order valence-electron chi connectivity index (χ2n) is 16.2. The Bertz CT molecular complexity index is 1420. The molecule has 0 spiro atoms. The molecular formula is C46H79NO10P+. The molecule has 1 unspecified atom stereocenters. The molecule has 12 heteroatoms. The minimum atomic E-state index is -4.42. The van der Waals surface area contributed by atoms with E-state index >= 15 is 0 Å².